The van der Waals surface area contributed by atoms with E-state index in [2.05, 4.69) is 15.6 Å². The third kappa shape index (κ3) is 7.13. The van der Waals surface area contributed by atoms with Gasteiger partial charge in [-0.15, -0.1) is 17.8 Å². The van der Waals surface area contributed by atoms with Gasteiger partial charge in [-0.05, 0) is 101 Å². The van der Waals surface area contributed by atoms with E-state index in [-0.39, 0.29) is 37.1 Å². The van der Waals surface area contributed by atoms with Crippen molar-refractivity contribution in [1.82, 2.24) is 19.6 Å². The number of rotatable bonds is 7. The molecule has 3 aromatic rings. The van der Waals surface area contributed by atoms with Crippen LogP contribution >= 0.6 is 11.3 Å². The molecule has 3 saturated carbocycles. The van der Waals surface area contributed by atoms with Crippen LogP contribution in [0.3, 0.4) is 0 Å². The number of terminal acetylenes is 1. The number of nitrogens with zero attached hydrogens (tertiary/aromatic N) is 3. The quantitative estimate of drug-likeness (QED) is 0.236. The van der Waals surface area contributed by atoms with Gasteiger partial charge >= 0.3 is 0 Å². The molecule has 5 atom stereocenters. The minimum Gasteiger partial charge on any atom is -0.490 e. The lowest BCUT2D eigenvalue weighted by atomic mass is 9.72. The maximum atomic E-state index is 14.6. The van der Waals surface area contributed by atoms with Crippen LogP contribution in [-0.4, -0.2) is 70.4 Å². The Morgan fingerprint density at radius 2 is 1.98 bits per heavy atom. The number of ketones is 1. The number of thiazole rings is 1. The van der Waals surface area contributed by atoms with Crippen molar-refractivity contribution in [3.63, 3.8) is 0 Å². The van der Waals surface area contributed by atoms with Crippen molar-refractivity contribution >= 4 is 49.9 Å². The van der Waals surface area contributed by atoms with E-state index in [9.17, 15) is 27.9 Å². The van der Waals surface area contributed by atoms with Crippen molar-refractivity contribution < 1.29 is 32.6 Å². The van der Waals surface area contributed by atoms with E-state index >= 15 is 0 Å². The lowest BCUT2D eigenvalue weighted by Crippen LogP contribution is -2.47. The number of ether oxygens (including phenoxy) is 1. The maximum Gasteiger partial charge on any atom is 0.240 e. The molecule has 1 aliphatic heterocycles. The molecule has 3 aliphatic carbocycles. The average molecular weight is 759 g/mol. The van der Waals surface area contributed by atoms with Crippen molar-refractivity contribution in [3.8, 4) is 28.8 Å². The average Bonchev–Trinajstić information content (AvgIpc) is 4.01. The van der Waals surface area contributed by atoms with E-state index in [0.29, 0.717) is 66.3 Å². The van der Waals surface area contributed by atoms with Gasteiger partial charge in [0.2, 0.25) is 21.8 Å². The Balaban J connectivity index is 1.21. The Labute approximate surface area is 314 Å². The lowest BCUT2D eigenvalue weighted by Gasteiger charge is -2.37. The van der Waals surface area contributed by atoms with Gasteiger partial charge in [0.15, 0.2) is 0 Å². The number of carbonyl (C=O) groups is 3. The van der Waals surface area contributed by atoms with Crippen LogP contribution in [0.5, 0.6) is 5.75 Å². The van der Waals surface area contributed by atoms with Gasteiger partial charge in [0.1, 0.15) is 27.9 Å². The van der Waals surface area contributed by atoms with Crippen LogP contribution in [0.15, 0.2) is 35.7 Å². The van der Waals surface area contributed by atoms with Crippen LogP contribution in [0, 0.1) is 42.4 Å². The van der Waals surface area contributed by atoms with Crippen LogP contribution in [-0.2, 0) is 31.0 Å². The largest absolute Gasteiger partial charge is 0.490 e. The van der Waals surface area contributed by atoms with Crippen LogP contribution in [0.4, 0.5) is 0 Å². The number of Topliss-reactive ketones (excluding diaryl/α,β-unsaturated/α-hetero) is 1. The topological polar surface area (TPSA) is 156 Å². The number of aliphatic hydroxyl groups excluding tert-OH is 1. The number of aromatic nitrogens is 2. The molecule has 3 heterocycles. The summed E-state index contributed by atoms with van der Waals surface area (Å²) in [6, 6.07) is 5.53. The van der Waals surface area contributed by atoms with Crippen molar-refractivity contribution in [3.05, 3.63) is 52.6 Å². The van der Waals surface area contributed by atoms with Crippen LogP contribution < -0.4 is 9.46 Å². The van der Waals surface area contributed by atoms with Gasteiger partial charge in [-0.1, -0.05) is 18.2 Å². The number of amides is 2. The van der Waals surface area contributed by atoms with E-state index < -0.39 is 44.0 Å². The maximum absolute atomic E-state index is 14.6. The fourth-order valence-electron chi connectivity index (χ4n) is 7.97. The van der Waals surface area contributed by atoms with Crippen molar-refractivity contribution in [2.24, 2.45) is 23.2 Å². The first kappa shape index (κ1) is 37.2. The van der Waals surface area contributed by atoms with Crippen LogP contribution in [0.1, 0.15) is 88.0 Å². The van der Waals surface area contributed by atoms with Crippen LogP contribution in [0.2, 0.25) is 0 Å². The first-order chi connectivity index (χ1) is 25.3. The van der Waals surface area contributed by atoms with E-state index in [1.54, 1.807) is 24.3 Å². The number of carbonyl (C=O) groups excluding carboxylic acids is 3. The van der Waals surface area contributed by atoms with Gasteiger partial charge in [-0.3, -0.25) is 19.1 Å². The molecule has 4 aliphatic rings. The summed E-state index contributed by atoms with van der Waals surface area (Å²) in [6.45, 7) is 3.95. The SMILES string of the molecule is C#Cc1csc(-c2cc(O[C@H]3CC[C@H]4C(=O)N(C)CCCC/C=C\[C@H]5C[C@@]5(C(=O)NS(=O)(=O)C5(C)CC5)CC(=O)[C@@H]4C3)c3ccc(CO)c(C)c3n2)n1. The lowest BCUT2D eigenvalue weighted by molar-refractivity contribution is -0.144. The summed E-state index contributed by atoms with van der Waals surface area (Å²) >= 11 is 1.37. The molecule has 2 N–H and O–H groups in total. The number of aryl methyl sites for hydroxylation is 1. The van der Waals surface area contributed by atoms with Gasteiger partial charge in [0.25, 0.3) is 0 Å². The molecule has 0 bridgehead atoms. The second-order valence-electron chi connectivity index (χ2n) is 15.5. The van der Waals surface area contributed by atoms with Crippen LogP contribution in [0.25, 0.3) is 21.6 Å². The number of nitrogens with one attached hydrogen (secondary N) is 1. The smallest absolute Gasteiger partial charge is 0.240 e. The zero-order valence-corrected chi connectivity index (χ0v) is 32.0. The number of sulfonamides is 1. The molecule has 11 nitrogen and oxygen atoms in total. The summed E-state index contributed by atoms with van der Waals surface area (Å²) in [5.74, 6) is 0.557. The Morgan fingerprint density at radius 1 is 1.19 bits per heavy atom. The summed E-state index contributed by atoms with van der Waals surface area (Å²) in [7, 11) is -2.13. The Kier molecular flexibility index (Phi) is 10.0. The molecule has 0 radical (unpaired) electrons. The Morgan fingerprint density at radius 3 is 2.70 bits per heavy atom. The molecule has 280 valence electrons. The summed E-state index contributed by atoms with van der Waals surface area (Å²) < 4.78 is 34.4. The highest BCUT2D eigenvalue weighted by Crippen LogP contribution is 2.58. The zero-order valence-electron chi connectivity index (χ0n) is 30.4. The number of hydrogen-bond acceptors (Lipinski definition) is 10. The molecule has 3 fully saturated rings. The number of allylic oxidation sites excluding steroid dienone is 2. The summed E-state index contributed by atoms with van der Waals surface area (Å²) in [5, 5.41) is 13.1. The summed E-state index contributed by atoms with van der Waals surface area (Å²) in [4.78, 5) is 53.6. The molecule has 7 rings (SSSR count). The molecule has 2 aromatic heterocycles. The molecular weight excluding hydrogens is 713 g/mol. The van der Waals surface area contributed by atoms with E-state index in [1.807, 2.05) is 37.3 Å². The summed E-state index contributed by atoms with van der Waals surface area (Å²) in [6.07, 6.45) is 13.9. The molecule has 2 amide bonds. The number of hydrogen-bond donors (Lipinski definition) is 2. The van der Waals surface area contributed by atoms with Gasteiger partial charge in [-0.2, -0.15) is 0 Å². The van der Waals surface area contributed by atoms with E-state index in [4.69, 9.17) is 16.1 Å². The Hall–Kier alpha value is -4.12. The van der Waals surface area contributed by atoms with Gasteiger partial charge < -0.3 is 14.7 Å². The van der Waals surface area contributed by atoms with Gasteiger partial charge in [0.05, 0.1) is 28.4 Å². The highest BCUT2D eigenvalue weighted by Gasteiger charge is 2.62. The standard InChI is InChI=1S/C40H46N4O7S2/c1-5-27-23-52-36(41-27)32-19-34(30-13-11-25(22-45)24(2)35(30)42-32)51-28-12-14-29-31(18-28)33(46)21-40(38(48)43-53(49,50)39(3)15-16-39)20-26(40)10-8-6-7-9-17-44(4)37(29)47/h1,8,10-11,13,19,23,26,28-29,31,45H,6-7,9,12,14-18,20-22H2,2-4H3,(H,43,48)/b10-8-/t26-,28-,29+,31+,40+/m0/s1. The normalized spacial score (nSPS) is 27.9. The number of benzene rings is 1. The zero-order chi connectivity index (χ0) is 37.7. The fourth-order valence-corrected chi connectivity index (χ4v) is 10.0. The highest BCUT2D eigenvalue weighted by molar-refractivity contribution is 7.91. The predicted octanol–water partition coefficient (Wildman–Crippen LogP) is 5.47. The molecule has 0 spiro atoms. The third-order valence-corrected chi connectivity index (χ3v) is 15.0. The second kappa shape index (κ2) is 14.3. The molecule has 53 heavy (non-hydrogen) atoms. The third-order valence-electron chi connectivity index (χ3n) is 11.9. The molecule has 13 heteroatoms. The van der Waals surface area contributed by atoms with Crippen molar-refractivity contribution in [2.45, 2.75) is 95.5 Å². The number of aliphatic hydroxyl groups is 1. The minimum absolute atomic E-state index is 0.0959. The highest BCUT2D eigenvalue weighted by atomic mass is 32.2. The van der Waals surface area contributed by atoms with Crippen molar-refractivity contribution in [2.75, 3.05) is 13.6 Å². The second-order valence-corrected chi connectivity index (χ2v) is 18.6. The number of fused-ring (bicyclic) bond motifs is 3. The molecule has 0 saturated heterocycles. The predicted molar refractivity (Wildman–Crippen MR) is 202 cm³/mol. The summed E-state index contributed by atoms with van der Waals surface area (Å²) in [5.41, 5.74) is 2.06. The molecule has 0 unspecified atom stereocenters. The fraction of sp³-hybridized carbons (Fsp3) is 0.525. The molecular formula is C40H46N4O7S2. The van der Waals surface area contributed by atoms with Gasteiger partial charge in [-0.25, -0.2) is 18.4 Å². The number of pyridine rings is 1. The van der Waals surface area contributed by atoms with E-state index in [1.165, 1.54) is 11.3 Å². The molecule has 1 aromatic carbocycles. The first-order valence-electron chi connectivity index (χ1n) is 18.4. The first-order valence-corrected chi connectivity index (χ1v) is 20.8. The van der Waals surface area contributed by atoms with Crippen molar-refractivity contribution in [1.29, 1.82) is 0 Å². The van der Waals surface area contributed by atoms with E-state index in [0.717, 1.165) is 35.8 Å². The Bertz CT molecular complexity index is 2150. The minimum atomic E-state index is -3.91. The van der Waals surface area contributed by atoms with Gasteiger partial charge in [0, 0.05) is 48.7 Å². The monoisotopic (exact) mass is 758 g/mol.